The minimum atomic E-state index is -1.97. The third kappa shape index (κ3) is 2.30. The highest BCUT2D eigenvalue weighted by molar-refractivity contribution is 7.97. The van der Waals surface area contributed by atoms with Gasteiger partial charge in [-0.15, -0.1) is 0 Å². The van der Waals surface area contributed by atoms with Gasteiger partial charge in [0.15, 0.2) is 0 Å². The molecule has 4 nitrogen and oxygen atoms in total. The van der Waals surface area contributed by atoms with E-state index in [1.54, 1.807) is 0 Å². The van der Waals surface area contributed by atoms with Gasteiger partial charge in [-0.3, -0.25) is 0 Å². The molecule has 0 fully saturated rings. The van der Waals surface area contributed by atoms with Crippen LogP contribution in [0, 0.1) is 0 Å². The van der Waals surface area contributed by atoms with Gasteiger partial charge in [0.2, 0.25) is 11.0 Å². The molecule has 0 heterocycles. The summed E-state index contributed by atoms with van der Waals surface area (Å²) in [5.41, 5.74) is 0. The van der Waals surface area contributed by atoms with Gasteiger partial charge < -0.3 is 4.74 Å². The Balaban J connectivity index is 3.58. The third-order valence-electron chi connectivity index (χ3n) is 0.331. The van der Waals surface area contributed by atoms with Crippen LogP contribution in [-0.4, -0.2) is 16.6 Å². The summed E-state index contributed by atoms with van der Waals surface area (Å²) in [6.07, 6.45) is 0. The van der Waals surface area contributed by atoms with E-state index < -0.39 is 16.3 Å². The van der Waals surface area contributed by atoms with E-state index in [1.165, 1.54) is 0 Å². The fourth-order valence-electron chi connectivity index (χ4n) is 0.0821. The lowest BCUT2D eigenvalue weighted by atomic mass is 11.5. The Hall–Kier alpha value is -0.420. The maximum atomic E-state index is 9.86. The first-order valence-electron chi connectivity index (χ1n) is 1.42. The van der Waals surface area contributed by atoms with Gasteiger partial charge in [-0.05, 0) is 0 Å². The van der Waals surface area contributed by atoms with E-state index in [-0.39, 0.29) is 0 Å². The summed E-state index contributed by atoms with van der Waals surface area (Å²) < 4.78 is 13.7. The van der Waals surface area contributed by atoms with Crippen molar-refractivity contribution in [3.63, 3.8) is 0 Å². The van der Waals surface area contributed by atoms with Crippen LogP contribution in [0.25, 0.3) is 0 Å². The summed E-state index contributed by atoms with van der Waals surface area (Å²) in [6, 6.07) is 0. The van der Waals surface area contributed by atoms with E-state index in [4.69, 9.17) is 0 Å². The quantitative estimate of drug-likeness (QED) is 0.436. The van der Waals surface area contributed by atoms with Crippen molar-refractivity contribution in [1.82, 2.24) is 0 Å². The molecule has 0 aliphatic rings. The van der Waals surface area contributed by atoms with E-state index in [0.29, 0.717) is 0 Å². The zero-order valence-corrected chi connectivity index (χ0v) is 4.53. The minimum absolute atomic E-state index is 0.903. The Labute approximate surface area is 43.2 Å². The molecule has 0 aromatic heterocycles. The monoisotopic (exact) mass is 123 g/mol. The normalized spacial score (nSPS) is 12.9. The van der Waals surface area contributed by atoms with E-state index in [9.17, 15) is 9.00 Å². The number of nitrogens with two attached hydrogens (primary N) is 1. The highest BCUT2D eigenvalue weighted by Crippen LogP contribution is 1.75. The van der Waals surface area contributed by atoms with E-state index in [0.717, 1.165) is 7.11 Å². The first-order valence-corrected chi connectivity index (χ1v) is 2.64. The number of carbonyl (C=O) groups is 1. The van der Waals surface area contributed by atoms with Crippen LogP contribution in [0.4, 0.5) is 4.79 Å². The van der Waals surface area contributed by atoms with E-state index in [1.807, 2.05) is 0 Å². The molecule has 0 spiro atoms. The second-order valence-corrected chi connectivity index (χ2v) is 1.68. The molecule has 1 atom stereocenters. The number of ether oxygens (including phenoxy) is 1. The highest BCUT2D eigenvalue weighted by Gasteiger charge is 2.02. The lowest BCUT2D eigenvalue weighted by Gasteiger charge is -1.87. The molecule has 0 amide bonds. The first-order chi connectivity index (χ1) is 3.18. The van der Waals surface area contributed by atoms with Crippen LogP contribution in [0.1, 0.15) is 0 Å². The SMILES string of the molecule is COC(=O)S(N)=O. The van der Waals surface area contributed by atoms with Crippen molar-refractivity contribution in [3.05, 3.63) is 0 Å². The average molecular weight is 123 g/mol. The summed E-state index contributed by atoms with van der Waals surface area (Å²) in [5.74, 6) is 0. The van der Waals surface area contributed by atoms with Gasteiger partial charge in [-0.1, -0.05) is 0 Å². The van der Waals surface area contributed by atoms with Gasteiger partial charge in [-0.25, -0.2) is 14.1 Å². The van der Waals surface area contributed by atoms with Gasteiger partial charge in [0.1, 0.15) is 0 Å². The maximum absolute atomic E-state index is 9.86. The van der Waals surface area contributed by atoms with Crippen LogP contribution in [-0.2, 0) is 15.7 Å². The maximum Gasteiger partial charge on any atom is 0.412 e. The molecular formula is C2H5NO3S. The Morgan fingerprint density at radius 2 is 2.29 bits per heavy atom. The lowest BCUT2D eigenvalue weighted by Crippen LogP contribution is -2.14. The Morgan fingerprint density at radius 1 is 1.86 bits per heavy atom. The van der Waals surface area contributed by atoms with Crippen LogP contribution < -0.4 is 5.14 Å². The van der Waals surface area contributed by atoms with Crippen LogP contribution in [0.5, 0.6) is 0 Å². The molecule has 0 bridgehead atoms. The van der Waals surface area contributed by atoms with Crippen LogP contribution in [0.3, 0.4) is 0 Å². The van der Waals surface area contributed by atoms with Crippen molar-refractivity contribution >= 4 is 16.3 Å². The number of methoxy groups -OCH3 is 1. The molecule has 0 aromatic rings. The zero-order chi connectivity index (χ0) is 5.86. The largest absolute Gasteiger partial charge is 0.458 e. The van der Waals surface area contributed by atoms with Crippen LogP contribution in [0.2, 0.25) is 0 Å². The molecule has 0 saturated heterocycles. The zero-order valence-electron chi connectivity index (χ0n) is 3.71. The Kier molecular flexibility index (Phi) is 2.54. The minimum Gasteiger partial charge on any atom is -0.458 e. The number of hydrogen-bond acceptors (Lipinski definition) is 3. The highest BCUT2D eigenvalue weighted by atomic mass is 32.2. The molecule has 0 saturated carbocycles. The predicted molar refractivity (Wildman–Crippen MR) is 24.7 cm³/mol. The fourth-order valence-corrected chi connectivity index (χ4v) is 0.246. The standard InChI is InChI=1S/C2H5NO3S/c1-6-2(4)7(3)5/h3H2,1H3. The van der Waals surface area contributed by atoms with Gasteiger partial charge in [-0.2, -0.15) is 0 Å². The van der Waals surface area contributed by atoms with E-state index in [2.05, 4.69) is 9.88 Å². The summed E-state index contributed by atoms with van der Waals surface area (Å²) in [6.45, 7) is 0. The molecule has 5 heteroatoms. The second kappa shape index (κ2) is 2.70. The van der Waals surface area contributed by atoms with Crippen molar-refractivity contribution in [2.45, 2.75) is 0 Å². The fraction of sp³-hybridized carbons (Fsp3) is 0.500. The van der Waals surface area contributed by atoms with Crippen LogP contribution >= 0.6 is 0 Å². The molecule has 0 rings (SSSR count). The summed E-state index contributed by atoms with van der Waals surface area (Å²) in [4.78, 5) is 9.86. The molecule has 0 aromatic carbocycles. The molecule has 0 aliphatic heterocycles. The van der Waals surface area contributed by atoms with Crippen molar-refractivity contribution in [2.75, 3.05) is 7.11 Å². The summed E-state index contributed by atoms with van der Waals surface area (Å²) in [7, 11) is -0.853. The molecule has 0 radical (unpaired) electrons. The van der Waals surface area contributed by atoms with Crippen molar-refractivity contribution in [3.8, 4) is 0 Å². The topological polar surface area (TPSA) is 69.4 Å². The number of hydrogen-bond donors (Lipinski definition) is 1. The Bertz CT molecular complexity index is 101. The van der Waals surface area contributed by atoms with Crippen LogP contribution in [0.15, 0.2) is 0 Å². The van der Waals surface area contributed by atoms with Gasteiger partial charge >= 0.3 is 5.30 Å². The average Bonchev–Trinajstić information content (AvgIpc) is 1.65. The van der Waals surface area contributed by atoms with Gasteiger partial charge in [0, 0.05) is 0 Å². The molecule has 2 N–H and O–H groups in total. The Morgan fingerprint density at radius 3 is 2.29 bits per heavy atom. The molecule has 1 unspecified atom stereocenters. The van der Waals surface area contributed by atoms with Gasteiger partial charge in [0.25, 0.3) is 0 Å². The first kappa shape index (κ1) is 6.58. The third-order valence-corrected chi connectivity index (χ3v) is 0.826. The summed E-state index contributed by atoms with van der Waals surface area (Å²) >= 11 is 0. The molecule has 0 aliphatic carbocycles. The van der Waals surface area contributed by atoms with Crippen molar-refractivity contribution in [1.29, 1.82) is 0 Å². The molecule has 42 valence electrons. The molecular weight excluding hydrogens is 118 g/mol. The number of rotatable bonds is 0. The molecule has 7 heavy (non-hydrogen) atoms. The lowest BCUT2D eigenvalue weighted by molar-refractivity contribution is 0.199. The van der Waals surface area contributed by atoms with Crippen molar-refractivity contribution < 1.29 is 13.7 Å². The smallest absolute Gasteiger partial charge is 0.412 e. The number of carbonyl (C=O) groups excluding carboxylic acids is 1. The van der Waals surface area contributed by atoms with E-state index >= 15 is 0 Å². The van der Waals surface area contributed by atoms with Gasteiger partial charge in [0.05, 0.1) is 7.11 Å². The predicted octanol–water partition coefficient (Wildman–Crippen LogP) is -0.625. The van der Waals surface area contributed by atoms with Crippen molar-refractivity contribution in [2.24, 2.45) is 5.14 Å². The summed E-state index contributed by atoms with van der Waals surface area (Å²) in [5, 5.41) is 3.64. The second-order valence-electron chi connectivity index (χ2n) is 0.752.